The molecule has 1 heterocycles. The molecule has 24 heavy (non-hydrogen) atoms. The molecule has 2 aliphatic carbocycles. The third-order valence-electron chi connectivity index (χ3n) is 5.50. The van der Waals surface area contributed by atoms with E-state index in [2.05, 4.69) is 15.5 Å². The number of carbonyl (C=O) groups excluding carboxylic acids is 2. The maximum absolute atomic E-state index is 12.3. The van der Waals surface area contributed by atoms with Gasteiger partial charge in [0.25, 0.3) is 0 Å². The first kappa shape index (κ1) is 17.7. The van der Waals surface area contributed by atoms with Crippen molar-refractivity contribution in [3.05, 3.63) is 0 Å². The summed E-state index contributed by atoms with van der Waals surface area (Å²) in [6.45, 7) is 4.95. The molecule has 1 saturated heterocycles. The number of amides is 2. The van der Waals surface area contributed by atoms with Crippen LogP contribution in [0.5, 0.6) is 0 Å². The number of carbonyl (C=O) groups is 2. The highest BCUT2D eigenvalue weighted by molar-refractivity contribution is 5.92. The van der Waals surface area contributed by atoms with Crippen molar-refractivity contribution in [3.63, 3.8) is 0 Å². The average Bonchev–Trinajstić information content (AvgIpc) is 3.40. The minimum Gasteiger partial charge on any atom is -0.379 e. The maximum Gasteiger partial charge on any atom is 0.224 e. The van der Waals surface area contributed by atoms with E-state index in [-0.39, 0.29) is 23.7 Å². The monoisotopic (exact) mass is 337 g/mol. The molecular formula is C18H31N3O3. The van der Waals surface area contributed by atoms with Gasteiger partial charge in [0.05, 0.1) is 25.0 Å². The highest BCUT2D eigenvalue weighted by Gasteiger charge is 2.48. The van der Waals surface area contributed by atoms with Gasteiger partial charge in [-0.3, -0.25) is 14.5 Å². The van der Waals surface area contributed by atoms with Crippen molar-refractivity contribution in [1.82, 2.24) is 15.5 Å². The molecule has 0 aromatic rings. The molecule has 6 nitrogen and oxygen atoms in total. The van der Waals surface area contributed by atoms with Crippen LogP contribution < -0.4 is 10.6 Å². The summed E-state index contributed by atoms with van der Waals surface area (Å²) in [7, 11) is 0. The van der Waals surface area contributed by atoms with Crippen molar-refractivity contribution in [3.8, 4) is 0 Å². The Hall–Kier alpha value is -1.14. The summed E-state index contributed by atoms with van der Waals surface area (Å²) in [5, 5.41) is 6.16. The molecule has 2 atom stereocenters. The molecule has 3 fully saturated rings. The fraction of sp³-hybridized carbons (Fsp3) is 0.889. The molecule has 3 aliphatic rings. The molecule has 0 aromatic carbocycles. The van der Waals surface area contributed by atoms with Gasteiger partial charge in [0.15, 0.2) is 0 Å². The number of hydrogen-bond acceptors (Lipinski definition) is 4. The van der Waals surface area contributed by atoms with E-state index in [0.29, 0.717) is 19.0 Å². The Bertz CT molecular complexity index is 429. The number of nitrogens with zero attached hydrogens (tertiary/aromatic N) is 1. The van der Waals surface area contributed by atoms with Crippen molar-refractivity contribution in [2.24, 2.45) is 11.8 Å². The SMILES string of the molecule is O=C(NCCN1CCOCC1)C1CC1C(=O)NC1CCCCCC1. The first-order valence-corrected chi connectivity index (χ1v) is 9.62. The van der Waals surface area contributed by atoms with Gasteiger partial charge < -0.3 is 15.4 Å². The molecular weight excluding hydrogens is 306 g/mol. The molecule has 2 saturated carbocycles. The highest BCUT2D eigenvalue weighted by atomic mass is 16.5. The molecule has 2 amide bonds. The van der Waals surface area contributed by atoms with E-state index in [0.717, 1.165) is 45.7 Å². The minimum absolute atomic E-state index is 0.0456. The number of nitrogens with one attached hydrogen (secondary N) is 2. The van der Waals surface area contributed by atoms with E-state index in [1.54, 1.807) is 0 Å². The molecule has 136 valence electrons. The van der Waals surface area contributed by atoms with Gasteiger partial charge in [-0.15, -0.1) is 0 Å². The van der Waals surface area contributed by atoms with Gasteiger partial charge in [-0.2, -0.15) is 0 Å². The van der Waals surface area contributed by atoms with Crippen LogP contribution in [0.1, 0.15) is 44.9 Å². The van der Waals surface area contributed by atoms with E-state index in [1.807, 2.05) is 0 Å². The number of hydrogen-bond donors (Lipinski definition) is 2. The predicted molar refractivity (Wildman–Crippen MR) is 91.5 cm³/mol. The lowest BCUT2D eigenvalue weighted by molar-refractivity contribution is -0.127. The molecule has 1 aliphatic heterocycles. The standard InChI is InChI=1S/C18H31N3O3/c22-17(19-7-8-21-9-11-24-12-10-21)15-13-16(15)18(23)20-14-5-3-1-2-4-6-14/h14-16H,1-13H2,(H,19,22)(H,20,23). The van der Waals surface area contributed by atoms with Gasteiger partial charge in [0.2, 0.25) is 11.8 Å². The minimum atomic E-state index is -0.111. The quantitative estimate of drug-likeness (QED) is 0.707. The third-order valence-corrected chi connectivity index (χ3v) is 5.50. The fourth-order valence-corrected chi connectivity index (χ4v) is 3.80. The number of morpholine rings is 1. The second kappa shape index (κ2) is 8.81. The summed E-state index contributed by atoms with van der Waals surface area (Å²) in [6, 6.07) is 0.325. The largest absolute Gasteiger partial charge is 0.379 e. The summed E-state index contributed by atoms with van der Waals surface area (Å²) in [4.78, 5) is 26.8. The Morgan fingerprint density at radius 3 is 2.33 bits per heavy atom. The lowest BCUT2D eigenvalue weighted by Crippen LogP contribution is -2.42. The lowest BCUT2D eigenvalue weighted by Gasteiger charge is -2.26. The van der Waals surface area contributed by atoms with Gasteiger partial charge >= 0.3 is 0 Å². The zero-order valence-electron chi connectivity index (χ0n) is 14.6. The normalized spacial score (nSPS) is 28.8. The molecule has 2 N–H and O–H groups in total. The molecule has 0 spiro atoms. The van der Waals surface area contributed by atoms with Crippen LogP contribution >= 0.6 is 0 Å². The Morgan fingerprint density at radius 2 is 1.62 bits per heavy atom. The Labute approximate surface area is 144 Å². The van der Waals surface area contributed by atoms with Crippen LogP contribution in [0.2, 0.25) is 0 Å². The van der Waals surface area contributed by atoms with Crippen molar-refractivity contribution in [2.45, 2.75) is 51.0 Å². The van der Waals surface area contributed by atoms with Crippen LogP contribution in [0.4, 0.5) is 0 Å². The van der Waals surface area contributed by atoms with E-state index in [4.69, 9.17) is 4.74 Å². The highest BCUT2D eigenvalue weighted by Crippen LogP contribution is 2.39. The Balaban J connectivity index is 1.31. The number of ether oxygens (including phenoxy) is 1. The van der Waals surface area contributed by atoms with Gasteiger partial charge in [-0.05, 0) is 19.3 Å². The second-order valence-corrected chi connectivity index (χ2v) is 7.39. The lowest BCUT2D eigenvalue weighted by atomic mass is 10.1. The van der Waals surface area contributed by atoms with Gasteiger partial charge in [-0.25, -0.2) is 0 Å². The summed E-state index contributed by atoms with van der Waals surface area (Å²) in [5.74, 6) is -0.0726. The van der Waals surface area contributed by atoms with Crippen LogP contribution in [-0.2, 0) is 14.3 Å². The van der Waals surface area contributed by atoms with Crippen LogP contribution in [0.25, 0.3) is 0 Å². The molecule has 3 rings (SSSR count). The van der Waals surface area contributed by atoms with Crippen molar-refractivity contribution in [2.75, 3.05) is 39.4 Å². The zero-order valence-corrected chi connectivity index (χ0v) is 14.6. The first-order valence-electron chi connectivity index (χ1n) is 9.62. The van der Waals surface area contributed by atoms with Gasteiger partial charge in [0.1, 0.15) is 0 Å². The smallest absolute Gasteiger partial charge is 0.224 e. The number of rotatable bonds is 6. The first-order chi connectivity index (χ1) is 11.7. The van der Waals surface area contributed by atoms with Crippen molar-refractivity contribution < 1.29 is 14.3 Å². The van der Waals surface area contributed by atoms with Crippen molar-refractivity contribution >= 4 is 11.8 Å². The van der Waals surface area contributed by atoms with Crippen molar-refractivity contribution in [1.29, 1.82) is 0 Å². The zero-order chi connectivity index (χ0) is 16.8. The molecule has 6 heteroatoms. The van der Waals surface area contributed by atoms with Crippen LogP contribution in [0.15, 0.2) is 0 Å². The van der Waals surface area contributed by atoms with Gasteiger partial charge in [0, 0.05) is 32.2 Å². The summed E-state index contributed by atoms with van der Waals surface area (Å²) >= 11 is 0. The molecule has 0 radical (unpaired) electrons. The van der Waals surface area contributed by atoms with Crippen LogP contribution in [-0.4, -0.2) is 62.1 Å². The van der Waals surface area contributed by atoms with Crippen LogP contribution in [0, 0.1) is 11.8 Å². The summed E-state index contributed by atoms with van der Waals surface area (Å²) in [6.07, 6.45) is 7.88. The van der Waals surface area contributed by atoms with Crippen LogP contribution in [0.3, 0.4) is 0 Å². The molecule has 0 aromatic heterocycles. The fourth-order valence-electron chi connectivity index (χ4n) is 3.80. The van der Waals surface area contributed by atoms with E-state index < -0.39 is 0 Å². The second-order valence-electron chi connectivity index (χ2n) is 7.39. The topological polar surface area (TPSA) is 70.7 Å². The Morgan fingerprint density at radius 1 is 0.958 bits per heavy atom. The Kier molecular flexibility index (Phi) is 6.49. The third kappa shape index (κ3) is 5.18. The van der Waals surface area contributed by atoms with E-state index in [1.165, 1.54) is 25.7 Å². The van der Waals surface area contributed by atoms with E-state index >= 15 is 0 Å². The summed E-state index contributed by atoms with van der Waals surface area (Å²) < 4.78 is 5.31. The van der Waals surface area contributed by atoms with Gasteiger partial charge in [-0.1, -0.05) is 25.7 Å². The van der Waals surface area contributed by atoms with E-state index in [9.17, 15) is 9.59 Å². The predicted octanol–water partition coefficient (Wildman–Crippen LogP) is 0.910. The maximum atomic E-state index is 12.3. The summed E-state index contributed by atoms with van der Waals surface area (Å²) in [5.41, 5.74) is 0. The average molecular weight is 337 g/mol. The molecule has 0 bridgehead atoms. The molecule has 2 unspecified atom stereocenters.